The number of nitrogens with zero attached hydrogens (tertiary/aromatic N) is 4. The van der Waals surface area contributed by atoms with Gasteiger partial charge in [-0.3, -0.25) is 19.3 Å². The second-order valence-electron chi connectivity index (χ2n) is 13.7. The summed E-state index contributed by atoms with van der Waals surface area (Å²) < 4.78 is 5.42. The predicted octanol–water partition coefficient (Wildman–Crippen LogP) is 3.84. The van der Waals surface area contributed by atoms with Gasteiger partial charge in [0.05, 0.1) is 12.0 Å². The number of likely N-dealkylation sites (N-methyl/N-ethyl adjacent to an activating group) is 1. The highest BCUT2D eigenvalue weighted by Gasteiger charge is 2.50. The van der Waals surface area contributed by atoms with Crippen molar-refractivity contribution >= 4 is 23.8 Å². The number of benzene rings is 1. The highest BCUT2D eigenvalue weighted by Crippen LogP contribution is 2.38. The van der Waals surface area contributed by atoms with E-state index in [2.05, 4.69) is 11.4 Å². The Kier molecular flexibility index (Phi) is 9.24. The average molecular weight is 592 g/mol. The molecule has 43 heavy (non-hydrogen) atoms. The van der Waals surface area contributed by atoms with Crippen molar-refractivity contribution in [2.24, 2.45) is 11.3 Å². The summed E-state index contributed by atoms with van der Waals surface area (Å²) in [6.07, 6.45) is 5.14. The maximum Gasteiger partial charge on any atom is 0.410 e. The van der Waals surface area contributed by atoms with Crippen LogP contribution in [0.3, 0.4) is 0 Å². The zero-order valence-electron chi connectivity index (χ0n) is 26.4. The van der Waals surface area contributed by atoms with Crippen molar-refractivity contribution in [2.75, 3.05) is 20.1 Å². The Morgan fingerprint density at radius 3 is 2.44 bits per heavy atom. The first kappa shape index (κ1) is 32.1. The summed E-state index contributed by atoms with van der Waals surface area (Å²) in [6, 6.07) is 9.45. The molecule has 3 aliphatic heterocycles. The van der Waals surface area contributed by atoms with Crippen LogP contribution < -0.4 is 5.32 Å². The third-order valence-corrected chi connectivity index (χ3v) is 8.94. The molecule has 0 saturated carbocycles. The third kappa shape index (κ3) is 6.87. The normalized spacial score (nSPS) is 28.1. The molecule has 6 atom stereocenters. The molecule has 0 aliphatic carbocycles. The van der Waals surface area contributed by atoms with E-state index in [9.17, 15) is 24.4 Å². The molecule has 2 saturated heterocycles. The van der Waals surface area contributed by atoms with Crippen molar-refractivity contribution in [3.63, 3.8) is 0 Å². The van der Waals surface area contributed by atoms with E-state index in [0.717, 1.165) is 5.56 Å². The monoisotopic (exact) mass is 591 g/mol. The Morgan fingerprint density at radius 2 is 1.81 bits per heavy atom. The van der Waals surface area contributed by atoms with Crippen LogP contribution >= 0.6 is 0 Å². The lowest BCUT2D eigenvalue weighted by Gasteiger charge is -2.41. The molecule has 3 aliphatic rings. The molecular formula is C33H45N5O5. The van der Waals surface area contributed by atoms with Crippen molar-refractivity contribution in [1.82, 2.24) is 20.0 Å². The first-order chi connectivity index (χ1) is 20.1. The van der Waals surface area contributed by atoms with Crippen LogP contribution in [0.5, 0.6) is 0 Å². The van der Waals surface area contributed by atoms with Gasteiger partial charge < -0.3 is 19.9 Å². The minimum absolute atomic E-state index is 0.0901. The van der Waals surface area contributed by atoms with Crippen LogP contribution in [0.1, 0.15) is 72.3 Å². The molecule has 1 aromatic carbocycles. The van der Waals surface area contributed by atoms with Crippen LogP contribution in [0.4, 0.5) is 4.79 Å². The summed E-state index contributed by atoms with van der Waals surface area (Å²) in [4.78, 5) is 59.0. The lowest BCUT2D eigenvalue weighted by molar-refractivity contribution is -0.149. The zero-order chi connectivity index (χ0) is 31.7. The fourth-order valence-electron chi connectivity index (χ4n) is 6.32. The molecule has 0 radical (unpaired) electrons. The lowest BCUT2D eigenvalue weighted by Crippen LogP contribution is -2.62. The summed E-state index contributed by atoms with van der Waals surface area (Å²) in [5, 5.41) is 12.8. The molecule has 0 bridgehead atoms. The van der Waals surface area contributed by atoms with Gasteiger partial charge in [-0.2, -0.15) is 5.26 Å². The molecule has 1 aromatic rings. The van der Waals surface area contributed by atoms with E-state index < -0.39 is 41.1 Å². The molecule has 2 fully saturated rings. The highest BCUT2D eigenvalue weighted by atomic mass is 16.6. The summed E-state index contributed by atoms with van der Waals surface area (Å²) in [5.41, 5.74) is -0.452. The SMILES string of the molecule is C[C@@H](C(=O)N[C@@H]1C(=O)N2[C@@H](C/C=C\C1(C)C)CC[C@H]2C(=O)N1C[C@@H](C#N)[C@H](c2ccccc2)C1)N(C)C(=O)OC(C)(C)C. The van der Waals surface area contributed by atoms with Crippen molar-refractivity contribution in [3.05, 3.63) is 48.0 Å². The smallest absolute Gasteiger partial charge is 0.410 e. The molecule has 232 valence electrons. The molecule has 3 heterocycles. The van der Waals surface area contributed by atoms with Gasteiger partial charge in [-0.05, 0) is 52.5 Å². The van der Waals surface area contributed by atoms with Gasteiger partial charge in [0.15, 0.2) is 0 Å². The maximum atomic E-state index is 14.3. The fraction of sp³-hybridized carbons (Fsp3) is 0.606. The van der Waals surface area contributed by atoms with E-state index in [1.165, 1.54) is 11.9 Å². The Labute approximate surface area is 255 Å². The molecular weight excluding hydrogens is 546 g/mol. The van der Waals surface area contributed by atoms with Crippen molar-refractivity contribution in [3.8, 4) is 6.07 Å². The molecule has 1 N–H and O–H groups in total. The van der Waals surface area contributed by atoms with Crippen LogP contribution in [0, 0.1) is 22.7 Å². The van der Waals surface area contributed by atoms with Gasteiger partial charge in [0.25, 0.3) is 0 Å². The number of nitrogens with one attached hydrogen (secondary N) is 1. The van der Waals surface area contributed by atoms with Gasteiger partial charge in [-0.15, -0.1) is 0 Å². The Balaban J connectivity index is 1.54. The van der Waals surface area contributed by atoms with E-state index >= 15 is 0 Å². The van der Waals surface area contributed by atoms with Gasteiger partial charge >= 0.3 is 6.09 Å². The molecule has 10 nitrogen and oxygen atoms in total. The summed E-state index contributed by atoms with van der Waals surface area (Å²) in [7, 11) is 1.49. The van der Waals surface area contributed by atoms with E-state index in [0.29, 0.717) is 32.4 Å². The van der Waals surface area contributed by atoms with Crippen LogP contribution in [0.15, 0.2) is 42.5 Å². The van der Waals surface area contributed by atoms with E-state index in [-0.39, 0.29) is 29.7 Å². The van der Waals surface area contributed by atoms with Crippen molar-refractivity contribution in [2.45, 2.75) is 96.5 Å². The number of amides is 4. The van der Waals surface area contributed by atoms with Gasteiger partial charge in [0.1, 0.15) is 23.7 Å². The summed E-state index contributed by atoms with van der Waals surface area (Å²) >= 11 is 0. The van der Waals surface area contributed by atoms with Crippen LogP contribution in [0.2, 0.25) is 0 Å². The van der Waals surface area contributed by atoms with E-state index in [1.807, 2.05) is 56.3 Å². The first-order valence-electron chi connectivity index (χ1n) is 15.1. The summed E-state index contributed by atoms with van der Waals surface area (Å²) in [5.74, 6) is -1.38. The largest absolute Gasteiger partial charge is 0.444 e. The average Bonchev–Trinajstić information content (AvgIpc) is 3.58. The lowest BCUT2D eigenvalue weighted by atomic mass is 9.81. The number of likely N-dealkylation sites (tertiary alicyclic amines) is 1. The fourth-order valence-corrected chi connectivity index (χ4v) is 6.32. The second kappa shape index (κ2) is 12.4. The number of hydrogen-bond acceptors (Lipinski definition) is 6. The van der Waals surface area contributed by atoms with Gasteiger partial charge in [-0.1, -0.05) is 56.3 Å². The molecule has 0 spiro atoms. The minimum Gasteiger partial charge on any atom is -0.444 e. The van der Waals surface area contributed by atoms with Crippen LogP contribution in [0.25, 0.3) is 0 Å². The molecule has 0 aromatic heterocycles. The predicted molar refractivity (Wildman–Crippen MR) is 161 cm³/mol. The molecule has 4 rings (SSSR count). The second-order valence-corrected chi connectivity index (χ2v) is 13.7. The molecule has 0 unspecified atom stereocenters. The zero-order valence-corrected chi connectivity index (χ0v) is 26.4. The standard InChI is InChI=1S/C33H45N5O5/c1-21(36(7)31(42)43-32(2,3)4)28(39)35-27-30(41)38-24(14-11-17-33(27,5)6)15-16-26(38)29(40)37-19-23(18-34)25(20-37)22-12-9-8-10-13-22/h8-13,17,21,23-27H,14-16,19-20H2,1-7H3,(H,35,39)/b17-11-/t21-,23+,24-,25-,26-,27+/m0/s1. The highest BCUT2D eigenvalue weighted by molar-refractivity contribution is 5.95. The van der Waals surface area contributed by atoms with Crippen molar-refractivity contribution < 1.29 is 23.9 Å². The number of ether oxygens (including phenoxy) is 1. The number of rotatable bonds is 5. The number of carbonyl (C=O) groups excluding carboxylic acids is 4. The Hall–Kier alpha value is -3.87. The minimum atomic E-state index is -0.954. The Bertz CT molecular complexity index is 1300. The Morgan fingerprint density at radius 1 is 1.14 bits per heavy atom. The number of nitriles is 1. The third-order valence-electron chi connectivity index (χ3n) is 8.94. The van der Waals surface area contributed by atoms with E-state index in [4.69, 9.17) is 4.74 Å². The van der Waals surface area contributed by atoms with Gasteiger partial charge in [0, 0.05) is 37.5 Å². The van der Waals surface area contributed by atoms with Gasteiger partial charge in [-0.25, -0.2) is 4.79 Å². The quantitative estimate of drug-likeness (QED) is 0.519. The molecule has 4 amide bonds. The van der Waals surface area contributed by atoms with Crippen LogP contribution in [-0.4, -0.2) is 88.4 Å². The van der Waals surface area contributed by atoms with Gasteiger partial charge in [0.2, 0.25) is 17.7 Å². The summed E-state index contributed by atoms with van der Waals surface area (Å²) in [6.45, 7) is 11.3. The topological polar surface area (TPSA) is 123 Å². The van der Waals surface area contributed by atoms with Crippen LogP contribution in [-0.2, 0) is 19.1 Å². The first-order valence-corrected chi connectivity index (χ1v) is 15.1. The van der Waals surface area contributed by atoms with Crippen molar-refractivity contribution in [1.29, 1.82) is 5.26 Å². The number of carbonyl (C=O) groups is 4. The number of fused-ring (bicyclic) bond motifs is 1. The maximum absolute atomic E-state index is 14.3. The van der Waals surface area contributed by atoms with E-state index in [1.54, 1.807) is 37.5 Å². The number of hydrogen-bond donors (Lipinski definition) is 1. The molecule has 10 heteroatoms.